The highest BCUT2D eigenvalue weighted by Gasteiger charge is 2.02. The maximum atomic E-state index is 11.3. The molecule has 2 aromatic carbocycles. The normalized spacial score (nSPS) is 11.8. The van der Waals surface area contributed by atoms with E-state index in [-0.39, 0.29) is 5.71 Å². The van der Waals surface area contributed by atoms with Crippen molar-refractivity contribution in [2.75, 3.05) is 5.43 Å². The van der Waals surface area contributed by atoms with Crippen molar-refractivity contribution in [2.45, 2.75) is 0 Å². The van der Waals surface area contributed by atoms with Crippen LogP contribution in [0.1, 0.15) is 5.56 Å². The molecule has 0 radical (unpaired) electrons. The van der Waals surface area contributed by atoms with Crippen molar-refractivity contribution in [3.63, 3.8) is 0 Å². The number of para-hydroxylation sites is 1. The molecule has 0 atom stereocenters. The van der Waals surface area contributed by atoms with Crippen LogP contribution in [-0.2, 0) is 4.79 Å². The molecule has 1 heterocycles. The van der Waals surface area contributed by atoms with Crippen molar-refractivity contribution < 1.29 is 9.90 Å². The zero-order valence-electron chi connectivity index (χ0n) is 12.9. The first-order valence-corrected chi connectivity index (χ1v) is 8.11. The Bertz CT molecular complexity index is 963. The molecule has 1 N–H and O–H groups in total. The van der Waals surface area contributed by atoms with Crippen LogP contribution in [0.4, 0.5) is 5.82 Å². The fourth-order valence-corrected chi connectivity index (χ4v) is 2.37. The largest absolute Gasteiger partial charge is 0.543 e. The standard InChI is InChI=1S/C18H13BrN4O2/c19-13-8-5-12(6-9-13)7-10-16(18(24)25)22-23-17-14-3-1-2-4-15(14)20-11-21-17/h1-11H,(H,24,25)(H,20,21,23)/p-1/b10-7+,22-16+. The number of carbonyl (C=O) groups is 1. The number of fused-ring (bicyclic) bond motifs is 1. The smallest absolute Gasteiger partial charge is 0.157 e. The maximum absolute atomic E-state index is 11.3. The van der Waals surface area contributed by atoms with Gasteiger partial charge in [-0.2, -0.15) is 5.10 Å². The summed E-state index contributed by atoms with van der Waals surface area (Å²) < 4.78 is 0.941. The van der Waals surface area contributed by atoms with Crippen molar-refractivity contribution in [2.24, 2.45) is 5.10 Å². The van der Waals surface area contributed by atoms with Crippen molar-refractivity contribution in [3.8, 4) is 0 Å². The molecule has 7 heteroatoms. The lowest BCUT2D eigenvalue weighted by Gasteiger charge is -2.06. The molecule has 6 nitrogen and oxygen atoms in total. The lowest BCUT2D eigenvalue weighted by molar-refractivity contribution is -0.293. The lowest BCUT2D eigenvalue weighted by atomic mass is 10.2. The predicted molar refractivity (Wildman–Crippen MR) is 98.8 cm³/mol. The number of hydrogen-bond acceptors (Lipinski definition) is 6. The van der Waals surface area contributed by atoms with E-state index in [2.05, 4.69) is 36.4 Å². The topological polar surface area (TPSA) is 90.3 Å². The summed E-state index contributed by atoms with van der Waals surface area (Å²) in [4.78, 5) is 19.5. The quantitative estimate of drug-likeness (QED) is 0.529. The number of carboxylic acid groups (broad SMARTS) is 1. The third-order valence-corrected chi connectivity index (χ3v) is 3.87. The van der Waals surface area contributed by atoms with E-state index >= 15 is 0 Å². The van der Waals surface area contributed by atoms with Crippen LogP contribution < -0.4 is 10.5 Å². The maximum Gasteiger partial charge on any atom is 0.157 e. The number of nitrogens with one attached hydrogen (secondary N) is 1. The molecular weight excluding hydrogens is 384 g/mol. The van der Waals surface area contributed by atoms with Gasteiger partial charge in [-0.3, -0.25) is 5.43 Å². The lowest BCUT2D eigenvalue weighted by Crippen LogP contribution is -2.31. The molecule has 0 aliphatic carbocycles. The molecule has 0 spiro atoms. The fourth-order valence-electron chi connectivity index (χ4n) is 2.11. The van der Waals surface area contributed by atoms with Gasteiger partial charge in [0.2, 0.25) is 0 Å². The number of aliphatic carboxylic acids is 1. The van der Waals surface area contributed by atoms with E-state index in [1.807, 2.05) is 48.5 Å². The number of hydrogen-bond donors (Lipinski definition) is 1. The van der Waals surface area contributed by atoms with Gasteiger partial charge in [-0.15, -0.1) is 0 Å². The van der Waals surface area contributed by atoms with Gasteiger partial charge in [0.1, 0.15) is 12.0 Å². The molecule has 0 fully saturated rings. The summed E-state index contributed by atoms with van der Waals surface area (Å²) in [7, 11) is 0. The van der Waals surface area contributed by atoms with Gasteiger partial charge < -0.3 is 9.90 Å². The molecule has 0 bridgehead atoms. The molecule has 25 heavy (non-hydrogen) atoms. The summed E-state index contributed by atoms with van der Waals surface area (Å²) in [6.45, 7) is 0. The first kappa shape index (κ1) is 16.8. The van der Waals surface area contributed by atoms with Crippen LogP contribution in [0.25, 0.3) is 17.0 Å². The average molecular weight is 396 g/mol. The van der Waals surface area contributed by atoms with E-state index in [0.717, 1.165) is 20.9 Å². The molecule has 1 aromatic heterocycles. The van der Waals surface area contributed by atoms with Gasteiger partial charge in [0.25, 0.3) is 0 Å². The first-order valence-electron chi connectivity index (χ1n) is 7.32. The van der Waals surface area contributed by atoms with E-state index in [1.165, 1.54) is 12.4 Å². The summed E-state index contributed by atoms with van der Waals surface area (Å²) in [5, 5.41) is 15.9. The second-order valence-electron chi connectivity index (χ2n) is 5.02. The number of hydrazone groups is 1. The third kappa shape index (κ3) is 4.27. The van der Waals surface area contributed by atoms with Gasteiger partial charge in [-0.25, -0.2) is 9.97 Å². The summed E-state index contributed by atoms with van der Waals surface area (Å²) in [6, 6.07) is 14.8. The summed E-state index contributed by atoms with van der Waals surface area (Å²) in [6.07, 6.45) is 4.40. The second kappa shape index (κ2) is 7.67. The highest BCUT2D eigenvalue weighted by molar-refractivity contribution is 9.10. The Balaban J connectivity index is 1.85. The number of carbonyl (C=O) groups excluding carboxylic acids is 1. The minimum absolute atomic E-state index is 0.245. The Morgan fingerprint density at radius 3 is 2.64 bits per heavy atom. The van der Waals surface area contributed by atoms with Crippen LogP contribution in [-0.4, -0.2) is 21.6 Å². The van der Waals surface area contributed by atoms with Gasteiger partial charge >= 0.3 is 0 Å². The number of anilines is 1. The summed E-state index contributed by atoms with van der Waals surface area (Å²) in [5.74, 6) is -0.972. The third-order valence-electron chi connectivity index (χ3n) is 3.34. The van der Waals surface area contributed by atoms with Gasteiger partial charge in [0.15, 0.2) is 5.82 Å². The molecule has 0 aliphatic heterocycles. The van der Waals surface area contributed by atoms with Crippen LogP contribution in [0.2, 0.25) is 0 Å². The number of carboxylic acids is 1. The summed E-state index contributed by atoms with van der Waals surface area (Å²) in [5.41, 5.74) is 4.00. The Hall–Kier alpha value is -3.06. The Morgan fingerprint density at radius 1 is 1.12 bits per heavy atom. The molecular formula is C18H12BrN4O2-. The first-order chi connectivity index (χ1) is 12.1. The molecule has 3 rings (SSSR count). The Labute approximate surface area is 152 Å². The van der Waals surface area contributed by atoms with E-state index in [9.17, 15) is 9.90 Å². The average Bonchev–Trinajstić information content (AvgIpc) is 2.63. The van der Waals surface area contributed by atoms with Gasteiger partial charge in [0.05, 0.1) is 11.5 Å². The number of aromatic nitrogens is 2. The highest BCUT2D eigenvalue weighted by atomic mass is 79.9. The highest BCUT2D eigenvalue weighted by Crippen LogP contribution is 2.18. The number of benzene rings is 2. The van der Waals surface area contributed by atoms with Gasteiger partial charge in [-0.1, -0.05) is 46.3 Å². The minimum Gasteiger partial charge on any atom is -0.543 e. The van der Waals surface area contributed by atoms with Crippen LogP contribution in [0.15, 0.2) is 70.5 Å². The van der Waals surface area contributed by atoms with E-state index in [1.54, 1.807) is 6.08 Å². The SMILES string of the molecule is O=C([O-])C(/C=C/c1ccc(Br)cc1)=N/Nc1ncnc2ccccc12. The van der Waals surface area contributed by atoms with Crippen molar-refractivity contribution in [1.82, 2.24) is 9.97 Å². The summed E-state index contributed by atoms with van der Waals surface area (Å²) >= 11 is 3.35. The molecule has 0 amide bonds. The van der Waals surface area contributed by atoms with Crippen molar-refractivity contribution >= 4 is 50.4 Å². The fraction of sp³-hybridized carbons (Fsp3) is 0. The Morgan fingerprint density at radius 2 is 1.88 bits per heavy atom. The Kier molecular flexibility index (Phi) is 5.15. The van der Waals surface area contributed by atoms with Gasteiger partial charge in [-0.05, 0) is 35.9 Å². The zero-order chi connectivity index (χ0) is 17.6. The molecule has 124 valence electrons. The minimum atomic E-state index is -1.39. The van der Waals surface area contributed by atoms with Crippen LogP contribution in [0.5, 0.6) is 0 Å². The number of nitrogens with zero attached hydrogens (tertiary/aromatic N) is 3. The molecule has 0 unspecified atom stereocenters. The second-order valence-corrected chi connectivity index (χ2v) is 5.94. The van der Waals surface area contributed by atoms with Crippen LogP contribution in [0.3, 0.4) is 0 Å². The predicted octanol–water partition coefficient (Wildman–Crippen LogP) is 2.62. The number of rotatable bonds is 5. The monoisotopic (exact) mass is 395 g/mol. The molecule has 0 saturated carbocycles. The molecule has 0 saturated heterocycles. The zero-order valence-corrected chi connectivity index (χ0v) is 14.5. The van der Waals surface area contributed by atoms with Crippen molar-refractivity contribution in [3.05, 3.63) is 71.0 Å². The molecule has 3 aromatic rings. The van der Waals surface area contributed by atoms with E-state index in [4.69, 9.17) is 0 Å². The van der Waals surface area contributed by atoms with Gasteiger partial charge in [0, 0.05) is 9.86 Å². The van der Waals surface area contributed by atoms with E-state index < -0.39 is 5.97 Å². The van der Waals surface area contributed by atoms with Crippen LogP contribution >= 0.6 is 15.9 Å². The molecule has 0 aliphatic rings. The van der Waals surface area contributed by atoms with Crippen molar-refractivity contribution in [1.29, 1.82) is 0 Å². The van der Waals surface area contributed by atoms with E-state index in [0.29, 0.717) is 5.82 Å². The van der Waals surface area contributed by atoms with Crippen LogP contribution in [0, 0.1) is 0 Å². The number of halogens is 1.